The van der Waals surface area contributed by atoms with Crippen LogP contribution in [0.25, 0.3) is 22.3 Å². The molecule has 8 nitrogen and oxygen atoms in total. The molecule has 1 saturated heterocycles. The maximum Gasteiger partial charge on any atom is 0.200 e. The van der Waals surface area contributed by atoms with Crippen LogP contribution in [-0.2, 0) is 20.6 Å². The van der Waals surface area contributed by atoms with Crippen molar-refractivity contribution < 1.29 is 59.8 Å². The van der Waals surface area contributed by atoms with E-state index in [1.165, 1.54) is 47.7 Å². The van der Waals surface area contributed by atoms with Gasteiger partial charge in [-0.2, -0.15) is 0 Å². The summed E-state index contributed by atoms with van der Waals surface area (Å²) >= 11 is 0. The van der Waals surface area contributed by atoms with E-state index in [2.05, 4.69) is 0 Å². The van der Waals surface area contributed by atoms with Crippen LogP contribution in [0.4, 0.5) is 22.0 Å². The molecule has 0 bridgehead atoms. The maximum absolute atomic E-state index is 15.4. The summed E-state index contributed by atoms with van der Waals surface area (Å²) in [4.78, 5) is 0. The van der Waals surface area contributed by atoms with Crippen LogP contribution in [0.5, 0.6) is 28.7 Å². The Labute approximate surface area is 288 Å². The van der Waals surface area contributed by atoms with Gasteiger partial charge in [-0.25, -0.2) is 22.0 Å². The van der Waals surface area contributed by atoms with Crippen molar-refractivity contribution >= 4 is 19.2 Å². The average Bonchev–Trinajstić information content (AvgIpc) is 3.58. The molecule has 1 aliphatic rings. The number of halogens is 5. The second kappa shape index (κ2) is 15.8. The molecule has 5 rings (SSSR count). The first-order valence-corrected chi connectivity index (χ1v) is 16.3. The van der Waals surface area contributed by atoms with E-state index in [0.717, 1.165) is 5.56 Å². The van der Waals surface area contributed by atoms with Gasteiger partial charge in [0.1, 0.15) is 28.7 Å². The average molecular weight is 723 g/mol. The minimum absolute atomic E-state index is 0.188. The molecule has 1 heterocycles. The zero-order chi connectivity index (χ0) is 36.2. The summed E-state index contributed by atoms with van der Waals surface area (Å²) < 4.78 is 120. The predicted octanol–water partition coefficient (Wildman–Crippen LogP) is 7.06. The zero-order valence-corrected chi connectivity index (χ0v) is 29.2. The fourth-order valence-corrected chi connectivity index (χ4v) is 7.17. The molecule has 0 radical (unpaired) electrons. The highest BCUT2D eigenvalue weighted by atomic mass is 31.1. The molecule has 1 atom stereocenters. The summed E-state index contributed by atoms with van der Waals surface area (Å²) in [6.45, 7) is 2.47. The largest absolute Gasteiger partial charge is 0.496 e. The summed E-state index contributed by atoms with van der Waals surface area (Å²) in [6.07, 6.45) is 1.17. The third-order valence-electron chi connectivity index (χ3n) is 8.23. The Morgan fingerprint density at radius 3 is 1.74 bits per heavy atom. The maximum atomic E-state index is 15.4. The number of hydrogen-bond donors (Lipinski definition) is 0. The summed E-state index contributed by atoms with van der Waals surface area (Å²) in [6, 6.07) is 11.4. The summed E-state index contributed by atoms with van der Waals surface area (Å²) in [5.41, 5.74) is -0.236. The highest BCUT2D eigenvalue weighted by molar-refractivity contribution is 7.56. The summed E-state index contributed by atoms with van der Waals surface area (Å²) in [7, 11) is 6.89. The summed E-state index contributed by atoms with van der Waals surface area (Å²) in [5, 5.41) is 1.12. The molecule has 0 spiro atoms. The molecule has 1 aliphatic heterocycles. The van der Waals surface area contributed by atoms with Gasteiger partial charge < -0.3 is 37.9 Å². The number of hydrogen-bond acceptors (Lipinski definition) is 8. The van der Waals surface area contributed by atoms with Crippen molar-refractivity contribution in [3.8, 4) is 51.0 Å². The Hall–Kier alpha value is -4.16. The van der Waals surface area contributed by atoms with E-state index in [1.54, 1.807) is 18.2 Å². The van der Waals surface area contributed by atoms with E-state index < -0.39 is 52.8 Å². The second-order valence-corrected chi connectivity index (χ2v) is 12.5. The van der Waals surface area contributed by atoms with E-state index in [0.29, 0.717) is 48.2 Å². The van der Waals surface area contributed by atoms with Gasteiger partial charge in [0.15, 0.2) is 35.8 Å². The van der Waals surface area contributed by atoms with E-state index in [9.17, 15) is 13.2 Å². The number of aryl methyl sites for hydroxylation is 1. The van der Waals surface area contributed by atoms with E-state index in [1.807, 2.05) is 19.1 Å². The van der Waals surface area contributed by atoms with Crippen LogP contribution in [0, 0.1) is 29.1 Å². The van der Waals surface area contributed by atoms with E-state index >= 15 is 8.78 Å². The van der Waals surface area contributed by atoms with Crippen molar-refractivity contribution in [1.82, 2.24) is 0 Å². The molecule has 0 amide bonds. The van der Waals surface area contributed by atoms with Crippen molar-refractivity contribution in [2.75, 3.05) is 55.6 Å². The Kier molecular flexibility index (Phi) is 11.7. The van der Waals surface area contributed by atoms with Crippen LogP contribution >= 0.6 is 8.58 Å². The molecule has 50 heavy (non-hydrogen) atoms. The van der Waals surface area contributed by atoms with Crippen LogP contribution in [-0.4, -0.2) is 61.3 Å². The van der Waals surface area contributed by atoms with Gasteiger partial charge in [0.05, 0.1) is 58.1 Å². The molecule has 268 valence electrons. The van der Waals surface area contributed by atoms with Crippen molar-refractivity contribution in [3.63, 3.8) is 0 Å². The van der Waals surface area contributed by atoms with Gasteiger partial charge >= 0.3 is 0 Å². The smallest absolute Gasteiger partial charge is 0.200 e. The number of ether oxygens (including phenoxy) is 8. The number of rotatable bonds is 14. The predicted molar refractivity (Wildman–Crippen MR) is 178 cm³/mol. The molecule has 4 aromatic carbocycles. The normalized spacial score (nSPS) is 14.0. The quantitative estimate of drug-likeness (QED) is 0.0451. The third kappa shape index (κ3) is 7.18. The fraction of sp³-hybridized carbons (Fsp3) is 0.333. The molecule has 1 fully saturated rings. The molecule has 0 saturated carbocycles. The minimum atomic E-state index is -2.28. The molecular weight excluding hydrogens is 686 g/mol. The van der Waals surface area contributed by atoms with Crippen LogP contribution < -0.4 is 34.3 Å². The molecule has 14 heteroatoms. The SMILES string of the molecule is COCOc1c(-c2c(F)c(F)c(F)c(F)c2F)ccc(Pc2c(OC)cc(CCC3(C)OCCO3)cc2OC)c1-c1c(OC)cccc1OC. The minimum Gasteiger partial charge on any atom is -0.496 e. The molecule has 0 aliphatic carbocycles. The van der Waals surface area contributed by atoms with Gasteiger partial charge in [0, 0.05) is 24.7 Å². The lowest BCUT2D eigenvalue weighted by Gasteiger charge is -2.24. The first-order chi connectivity index (χ1) is 24.0. The molecule has 4 aromatic rings. The lowest BCUT2D eigenvalue weighted by Crippen LogP contribution is -2.26. The van der Waals surface area contributed by atoms with Crippen molar-refractivity contribution in [1.29, 1.82) is 0 Å². The molecular formula is C36H36F5O8P. The van der Waals surface area contributed by atoms with E-state index in [4.69, 9.17) is 37.9 Å². The van der Waals surface area contributed by atoms with Gasteiger partial charge in [-0.05, 0) is 54.5 Å². The van der Waals surface area contributed by atoms with Gasteiger partial charge in [0.25, 0.3) is 0 Å². The van der Waals surface area contributed by atoms with Gasteiger partial charge in [-0.15, -0.1) is 0 Å². The van der Waals surface area contributed by atoms with E-state index in [-0.39, 0.29) is 37.0 Å². The topological polar surface area (TPSA) is 73.8 Å². The zero-order valence-electron chi connectivity index (χ0n) is 28.2. The Morgan fingerprint density at radius 2 is 1.22 bits per heavy atom. The van der Waals surface area contributed by atoms with Gasteiger partial charge in [0.2, 0.25) is 5.82 Å². The first-order valence-electron chi connectivity index (χ1n) is 15.3. The Morgan fingerprint density at radius 1 is 0.680 bits per heavy atom. The molecule has 1 unspecified atom stereocenters. The third-order valence-corrected chi connectivity index (χ3v) is 9.66. The first kappa shape index (κ1) is 37.1. The Balaban J connectivity index is 1.77. The Bertz CT molecular complexity index is 1790. The monoisotopic (exact) mass is 722 g/mol. The van der Waals surface area contributed by atoms with Crippen molar-refractivity contribution in [2.45, 2.75) is 25.6 Å². The van der Waals surface area contributed by atoms with Gasteiger partial charge in [-0.3, -0.25) is 0 Å². The number of benzene rings is 4. The molecule has 0 N–H and O–H groups in total. The van der Waals surface area contributed by atoms with Crippen molar-refractivity contribution in [3.05, 3.63) is 77.1 Å². The second-order valence-electron chi connectivity index (χ2n) is 11.2. The standard InChI is InChI=1S/C36H36F5O8P/c1-36(48-14-15-49-36)13-12-19-16-23(45-5)35(24(17-19)46-6)50-25-11-10-20(26-29(37)31(39)33(41)32(40)30(26)38)34(47-18-42-2)28(25)27-21(43-3)8-7-9-22(27)44-4/h7-11,16-17,50H,12-15,18H2,1-6H3. The highest BCUT2D eigenvalue weighted by Gasteiger charge is 2.33. The number of methoxy groups -OCH3 is 5. The lowest BCUT2D eigenvalue weighted by molar-refractivity contribution is -0.146. The van der Waals surface area contributed by atoms with Crippen LogP contribution in [0.1, 0.15) is 18.9 Å². The van der Waals surface area contributed by atoms with Crippen LogP contribution in [0.15, 0.2) is 42.5 Å². The van der Waals surface area contributed by atoms with Crippen molar-refractivity contribution in [2.24, 2.45) is 0 Å². The van der Waals surface area contributed by atoms with Crippen LogP contribution in [0.3, 0.4) is 0 Å². The van der Waals surface area contributed by atoms with Gasteiger partial charge in [-0.1, -0.05) is 20.7 Å². The highest BCUT2D eigenvalue weighted by Crippen LogP contribution is 2.49. The van der Waals surface area contributed by atoms with Crippen LogP contribution in [0.2, 0.25) is 0 Å². The lowest BCUT2D eigenvalue weighted by atomic mass is 9.95. The summed E-state index contributed by atoms with van der Waals surface area (Å²) in [5.74, 6) is -10.0. The molecule has 0 aromatic heterocycles. The fourth-order valence-electron chi connectivity index (χ4n) is 5.78.